The molecule has 2 N–H and O–H groups in total. The molecule has 0 aliphatic carbocycles. The number of nitrogens with one attached hydrogen (secondary N) is 1. The van der Waals surface area contributed by atoms with E-state index in [2.05, 4.69) is 10.4 Å². The molecule has 0 fully saturated rings. The quantitative estimate of drug-likeness (QED) is 0.724. The molecule has 0 radical (unpaired) electrons. The van der Waals surface area contributed by atoms with Crippen LogP contribution in [0.25, 0.3) is 5.69 Å². The topological polar surface area (TPSA) is 84.2 Å². The first-order valence-electron chi connectivity index (χ1n) is 7.80. The van der Waals surface area contributed by atoms with Gasteiger partial charge in [0.25, 0.3) is 0 Å². The van der Waals surface area contributed by atoms with Gasteiger partial charge in [-0.15, -0.1) is 0 Å². The van der Waals surface area contributed by atoms with Crippen molar-refractivity contribution in [2.24, 2.45) is 0 Å². The van der Waals surface area contributed by atoms with Crippen LogP contribution in [0.15, 0.2) is 67.0 Å². The largest absolute Gasteiger partial charge is 0.478 e. The maximum Gasteiger partial charge on any atom is 0.337 e. The normalized spacial score (nSPS) is 10.4. The maximum absolute atomic E-state index is 12.0. The van der Waals surface area contributed by atoms with Gasteiger partial charge in [-0.2, -0.15) is 5.10 Å². The zero-order chi connectivity index (χ0) is 17.6. The number of benzene rings is 2. The average Bonchev–Trinajstić information content (AvgIpc) is 3.10. The van der Waals surface area contributed by atoms with Crippen molar-refractivity contribution in [3.05, 3.63) is 83.7 Å². The van der Waals surface area contributed by atoms with E-state index in [4.69, 9.17) is 0 Å². The SMILES string of the molecule is O=C(Cc1ccccc1)NCc1cnn(-c2ccccc2C(=O)O)c1. The number of nitrogens with zero attached hydrogens (tertiary/aromatic N) is 2. The molecular formula is C19H17N3O3. The van der Waals surface area contributed by atoms with Crippen LogP contribution in [0.5, 0.6) is 0 Å². The Morgan fingerprint density at radius 3 is 2.48 bits per heavy atom. The smallest absolute Gasteiger partial charge is 0.337 e. The fourth-order valence-corrected chi connectivity index (χ4v) is 2.48. The van der Waals surface area contributed by atoms with Gasteiger partial charge < -0.3 is 10.4 Å². The third-order valence-electron chi connectivity index (χ3n) is 3.71. The van der Waals surface area contributed by atoms with Gasteiger partial charge in [0, 0.05) is 18.3 Å². The number of carbonyl (C=O) groups is 2. The van der Waals surface area contributed by atoms with Crippen LogP contribution in [0.1, 0.15) is 21.5 Å². The molecule has 3 aromatic rings. The highest BCUT2D eigenvalue weighted by atomic mass is 16.4. The fraction of sp³-hybridized carbons (Fsp3) is 0.105. The van der Waals surface area contributed by atoms with Gasteiger partial charge in [0.05, 0.1) is 23.9 Å². The first-order chi connectivity index (χ1) is 12.1. The van der Waals surface area contributed by atoms with Crippen molar-refractivity contribution in [1.29, 1.82) is 0 Å². The summed E-state index contributed by atoms with van der Waals surface area (Å²) in [5, 5.41) is 16.3. The van der Waals surface area contributed by atoms with E-state index in [0.29, 0.717) is 18.7 Å². The Morgan fingerprint density at radius 1 is 1.00 bits per heavy atom. The predicted octanol–water partition coefficient (Wildman–Crippen LogP) is 2.43. The summed E-state index contributed by atoms with van der Waals surface area (Å²) >= 11 is 0. The molecule has 2 aromatic carbocycles. The Morgan fingerprint density at radius 2 is 1.72 bits per heavy atom. The van der Waals surface area contributed by atoms with Crippen LogP contribution in [0, 0.1) is 0 Å². The summed E-state index contributed by atoms with van der Waals surface area (Å²) in [5.74, 6) is -1.09. The van der Waals surface area contributed by atoms with Crippen LogP contribution >= 0.6 is 0 Å². The summed E-state index contributed by atoms with van der Waals surface area (Å²) in [6.45, 7) is 0.334. The third-order valence-corrected chi connectivity index (χ3v) is 3.71. The number of aromatic nitrogens is 2. The molecule has 1 heterocycles. The molecule has 0 unspecified atom stereocenters. The summed E-state index contributed by atoms with van der Waals surface area (Å²) < 4.78 is 1.50. The number of para-hydroxylation sites is 1. The molecule has 0 saturated heterocycles. The van der Waals surface area contributed by atoms with Crippen molar-refractivity contribution in [2.45, 2.75) is 13.0 Å². The van der Waals surface area contributed by atoms with E-state index in [0.717, 1.165) is 11.1 Å². The number of rotatable bonds is 6. The average molecular weight is 335 g/mol. The van der Waals surface area contributed by atoms with E-state index >= 15 is 0 Å². The van der Waals surface area contributed by atoms with Gasteiger partial charge in [0.1, 0.15) is 0 Å². The number of carbonyl (C=O) groups excluding carboxylic acids is 1. The van der Waals surface area contributed by atoms with Gasteiger partial charge in [-0.05, 0) is 17.7 Å². The molecule has 0 atom stereocenters. The molecule has 0 bridgehead atoms. The van der Waals surface area contributed by atoms with E-state index in [1.165, 1.54) is 10.7 Å². The third kappa shape index (κ3) is 4.11. The number of carboxylic acids is 1. The molecule has 3 rings (SSSR count). The van der Waals surface area contributed by atoms with Gasteiger partial charge in [0.2, 0.25) is 5.91 Å². The minimum atomic E-state index is -1.01. The van der Waals surface area contributed by atoms with Gasteiger partial charge in [0.15, 0.2) is 0 Å². The lowest BCUT2D eigenvalue weighted by Gasteiger charge is -2.05. The highest BCUT2D eigenvalue weighted by molar-refractivity contribution is 5.91. The lowest BCUT2D eigenvalue weighted by molar-refractivity contribution is -0.120. The lowest BCUT2D eigenvalue weighted by Crippen LogP contribution is -2.24. The molecule has 1 amide bonds. The maximum atomic E-state index is 12.0. The molecule has 0 aliphatic rings. The Labute approximate surface area is 144 Å². The highest BCUT2D eigenvalue weighted by Gasteiger charge is 2.12. The zero-order valence-corrected chi connectivity index (χ0v) is 13.4. The first kappa shape index (κ1) is 16.4. The number of aromatic carboxylic acids is 1. The second kappa shape index (κ2) is 7.44. The summed E-state index contributed by atoms with van der Waals surface area (Å²) in [7, 11) is 0. The van der Waals surface area contributed by atoms with Crippen LogP contribution in [0.4, 0.5) is 0 Å². The van der Waals surface area contributed by atoms with E-state index in [-0.39, 0.29) is 11.5 Å². The van der Waals surface area contributed by atoms with Gasteiger partial charge in [-0.25, -0.2) is 9.48 Å². The number of hydrogen-bond acceptors (Lipinski definition) is 3. The zero-order valence-electron chi connectivity index (χ0n) is 13.4. The number of carboxylic acid groups (broad SMARTS) is 1. The number of hydrogen-bond donors (Lipinski definition) is 2. The Kier molecular flexibility index (Phi) is 4.89. The number of amides is 1. The second-order valence-electron chi connectivity index (χ2n) is 5.55. The van der Waals surface area contributed by atoms with Gasteiger partial charge in [-0.1, -0.05) is 42.5 Å². The van der Waals surface area contributed by atoms with Crippen LogP contribution < -0.4 is 5.32 Å². The molecule has 6 nitrogen and oxygen atoms in total. The molecule has 0 saturated carbocycles. The van der Waals surface area contributed by atoms with Gasteiger partial charge >= 0.3 is 5.97 Å². The summed E-state index contributed by atoms with van der Waals surface area (Å²) in [4.78, 5) is 23.3. The van der Waals surface area contributed by atoms with Crippen LogP contribution in [0.2, 0.25) is 0 Å². The van der Waals surface area contributed by atoms with Crippen molar-refractivity contribution in [3.63, 3.8) is 0 Å². The predicted molar refractivity (Wildman–Crippen MR) is 92.5 cm³/mol. The Hall–Kier alpha value is -3.41. The van der Waals surface area contributed by atoms with Crippen LogP contribution in [0.3, 0.4) is 0 Å². The van der Waals surface area contributed by atoms with E-state index < -0.39 is 5.97 Å². The monoisotopic (exact) mass is 335 g/mol. The molecule has 126 valence electrons. The van der Waals surface area contributed by atoms with E-state index in [9.17, 15) is 14.7 Å². The van der Waals surface area contributed by atoms with E-state index in [1.54, 1.807) is 30.6 Å². The van der Waals surface area contributed by atoms with Crippen molar-refractivity contribution >= 4 is 11.9 Å². The van der Waals surface area contributed by atoms with Crippen LogP contribution in [-0.4, -0.2) is 26.8 Å². The van der Waals surface area contributed by atoms with Crippen molar-refractivity contribution in [1.82, 2.24) is 15.1 Å². The summed E-state index contributed by atoms with van der Waals surface area (Å²) in [5.41, 5.74) is 2.40. The molecule has 25 heavy (non-hydrogen) atoms. The van der Waals surface area contributed by atoms with Crippen molar-refractivity contribution in [3.8, 4) is 5.69 Å². The lowest BCUT2D eigenvalue weighted by atomic mass is 10.1. The summed E-state index contributed by atoms with van der Waals surface area (Å²) in [6.07, 6.45) is 3.64. The highest BCUT2D eigenvalue weighted by Crippen LogP contribution is 2.14. The van der Waals surface area contributed by atoms with Gasteiger partial charge in [-0.3, -0.25) is 4.79 Å². The molecule has 0 aliphatic heterocycles. The Bertz CT molecular complexity index is 888. The van der Waals surface area contributed by atoms with Crippen molar-refractivity contribution < 1.29 is 14.7 Å². The molecule has 6 heteroatoms. The molecular weight excluding hydrogens is 318 g/mol. The standard InChI is InChI=1S/C19H17N3O3/c23-18(10-14-6-2-1-3-7-14)20-11-15-12-21-22(13-15)17-9-5-4-8-16(17)19(24)25/h1-9,12-13H,10-11H2,(H,20,23)(H,24,25). The Balaban J connectivity index is 1.64. The second-order valence-corrected chi connectivity index (χ2v) is 5.55. The van der Waals surface area contributed by atoms with E-state index in [1.807, 2.05) is 30.3 Å². The van der Waals surface area contributed by atoms with Crippen LogP contribution in [-0.2, 0) is 17.8 Å². The minimum absolute atomic E-state index is 0.0788. The minimum Gasteiger partial charge on any atom is -0.478 e. The summed E-state index contributed by atoms with van der Waals surface area (Å²) in [6, 6.07) is 16.1. The fourth-order valence-electron chi connectivity index (χ4n) is 2.48. The van der Waals surface area contributed by atoms with Crippen molar-refractivity contribution in [2.75, 3.05) is 0 Å². The molecule has 0 spiro atoms. The molecule has 1 aromatic heterocycles. The first-order valence-corrected chi connectivity index (χ1v) is 7.80.